The summed E-state index contributed by atoms with van der Waals surface area (Å²) in [6.07, 6.45) is 3.67. The van der Waals surface area contributed by atoms with Crippen molar-refractivity contribution < 1.29 is 29.3 Å². The van der Waals surface area contributed by atoms with Crippen LogP contribution >= 0.6 is 0 Å². The lowest BCUT2D eigenvalue weighted by molar-refractivity contribution is -0.137. The Morgan fingerprint density at radius 2 is 1.28 bits per heavy atom. The summed E-state index contributed by atoms with van der Waals surface area (Å²) in [6.45, 7) is 0. The first kappa shape index (κ1) is 31.2. The van der Waals surface area contributed by atoms with Crippen molar-refractivity contribution in [3.05, 3.63) is 94.8 Å². The number of anilines is 2. The zero-order valence-corrected chi connectivity index (χ0v) is 27.2. The Balaban J connectivity index is 1.30. The van der Waals surface area contributed by atoms with Crippen LogP contribution in [0.1, 0.15) is 59.7 Å². The number of para-hydroxylation sites is 2. The standard InChI is InChI=1S/C37H35N7O6/c1-49-28-15-10-19(16-29(28)50-37-43-35(38-20-11-12-20)42-36(44-37)39-21-13-14-21)32(33-24(17-30(45)46)22-6-2-4-8-26(22)40-33)34-25(18-31(47)48)23-7-3-5-9-27(23)41-34/h2-10,15-16,20-21,32,40-41H,11-14,17-18H2,1H3,(H,45,46)(H,47,48)(H2,38,39,42,43,44). The van der Waals surface area contributed by atoms with Crippen molar-refractivity contribution in [1.29, 1.82) is 0 Å². The van der Waals surface area contributed by atoms with Crippen molar-refractivity contribution in [3.63, 3.8) is 0 Å². The van der Waals surface area contributed by atoms with Crippen molar-refractivity contribution in [2.75, 3.05) is 17.7 Å². The van der Waals surface area contributed by atoms with Gasteiger partial charge in [0, 0.05) is 45.3 Å². The molecule has 2 saturated carbocycles. The number of benzene rings is 3. The summed E-state index contributed by atoms with van der Waals surface area (Å²) >= 11 is 0. The zero-order chi connectivity index (χ0) is 34.4. The molecule has 0 radical (unpaired) electrons. The first-order valence-corrected chi connectivity index (χ1v) is 16.6. The van der Waals surface area contributed by atoms with Crippen molar-refractivity contribution >= 4 is 45.6 Å². The number of nitrogens with one attached hydrogen (secondary N) is 4. The molecule has 0 atom stereocenters. The number of aromatic amines is 2. The molecule has 8 rings (SSSR count). The third-order valence-electron chi connectivity index (χ3n) is 9.08. The third kappa shape index (κ3) is 6.37. The smallest absolute Gasteiger partial charge is 0.328 e. The molecule has 0 saturated heterocycles. The quantitative estimate of drug-likeness (QED) is 0.0771. The Morgan fingerprint density at radius 1 is 0.760 bits per heavy atom. The number of aliphatic carboxylic acids is 2. The Hall–Kier alpha value is -6.11. The molecular weight excluding hydrogens is 638 g/mol. The molecule has 13 nitrogen and oxygen atoms in total. The van der Waals surface area contributed by atoms with Crippen LogP contribution < -0.4 is 20.1 Å². The first-order chi connectivity index (χ1) is 24.3. The SMILES string of the molecule is COc1ccc(C(c2[nH]c3ccccc3c2CC(=O)O)c2[nH]c3ccccc3c2CC(=O)O)cc1Oc1nc(NC2CC2)nc(NC2CC2)n1. The van der Waals surface area contributed by atoms with E-state index in [1.54, 1.807) is 12.1 Å². The van der Waals surface area contributed by atoms with Gasteiger partial charge in [0.2, 0.25) is 11.9 Å². The molecule has 2 aliphatic carbocycles. The maximum absolute atomic E-state index is 12.3. The minimum atomic E-state index is -0.989. The van der Waals surface area contributed by atoms with Gasteiger partial charge < -0.3 is 40.3 Å². The summed E-state index contributed by atoms with van der Waals surface area (Å²) in [5.74, 6) is -1.06. The number of hydrogen-bond donors (Lipinski definition) is 6. The summed E-state index contributed by atoms with van der Waals surface area (Å²) in [5, 5.41) is 28.3. The van der Waals surface area contributed by atoms with E-state index in [2.05, 4.69) is 35.6 Å². The van der Waals surface area contributed by atoms with E-state index in [9.17, 15) is 19.8 Å². The van der Waals surface area contributed by atoms with Crippen LogP contribution in [0, 0.1) is 0 Å². The minimum Gasteiger partial charge on any atom is -0.493 e. The molecule has 6 N–H and O–H groups in total. The molecule has 0 unspecified atom stereocenters. The number of carboxylic acid groups (broad SMARTS) is 2. The van der Waals surface area contributed by atoms with Crippen LogP contribution in [-0.2, 0) is 22.4 Å². The van der Waals surface area contributed by atoms with E-state index in [0.717, 1.165) is 47.5 Å². The van der Waals surface area contributed by atoms with Crippen molar-refractivity contribution in [1.82, 2.24) is 24.9 Å². The predicted octanol–water partition coefficient (Wildman–Crippen LogP) is 6.22. The highest BCUT2D eigenvalue weighted by Gasteiger charge is 2.31. The molecule has 0 spiro atoms. The maximum atomic E-state index is 12.3. The normalized spacial score (nSPS) is 14.3. The number of H-pyrrole nitrogens is 2. The highest BCUT2D eigenvalue weighted by Crippen LogP contribution is 2.43. The van der Waals surface area contributed by atoms with Crippen molar-refractivity contribution in [2.24, 2.45) is 0 Å². The van der Waals surface area contributed by atoms with Gasteiger partial charge in [-0.3, -0.25) is 9.59 Å². The Labute approximate surface area is 286 Å². The third-order valence-corrected chi connectivity index (χ3v) is 9.08. The van der Waals surface area contributed by atoms with Gasteiger partial charge in [0.15, 0.2) is 11.5 Å². The highest BCUT2D eigenvalue weighted by atomic mass is 16.5. The van der Waals surface area contributed by atoms with E-state index in [-0.39, 0.29) is 18.9 Å². The number of methoxy groups -OCH3 is 1. The second-order valence-electron chi connectivity index (χ2n) is 12.8. The number of hydrogen-bond acceptors (Lipinski definition) is 9. The largest absolute Gasteiger partial charge is 0.493 e. The average Bonchev–Trinajstić information content (AvgIpc) is 4.03. The molecule has 2 fully saturated rings. The summed E-state index contributed by atoms with van der Waals surface area (Å²) in [5.41, 5.74) is 4.66. The van der Waals surface area contributed by atoms with Gasteiger partial charge in [0.1, 0.15) is 0 Å². The fraction of sp³-hybridized carbons (Fsp3) is 0.270. The molecule has 6 aromatic rings. The molecular formula is C37H35N7O6. The lowest BCUT2D eigenvalue weighted by Crippen LogP contribution is -2.13. The van der Waals surface area contributed by atoms with Gasteiger partial charge in [0.25, 0.3) is 0 Å². The molecule has 50 heavy (non-hydrogen) atoms. The van der Waals surface area contributed by atoms with Gasteiger partial charge >= 0.3 is 17.9 Å². The molecule has 3 heterocycles. The van der Waals surface area contributed by atoms with Crippen LogP contribution in [-0.4, -0.2) is 66.3 Å². The molecule has 3 aromatic heterocycles. The van der Waals surface area contributed by atoms with Crippen LogP contribution in [0.5, 0.6) is 17.5 Å². The van der Waals surface area contributed by atoms with Gasteiger partial charge in [-0.15, -0.1) is 0 Å². The van der Waals surface area contributed by atoms with Crippen molar-refractivity contribution in [2.45, 2.75) is 56.5 Å². The summed E-state index contributed by atoms with van der Waals surface area (Å²) in [7, 11) is 1.54. The summed E-state index contributed by atoms with van der Waals surface area (Å²) < 4.78 is 12.1. The molecule has 3 aromatic carbocycles. The van der Waals surface area contributed by atoms with Crippen LogP contribution in [0.25, 0.3) is 21.8 Å². The number of rotatable bonds is 14. The van der Waals surface area contributed by atoms with Crippen LogP contribution in [0.4, 0.5) is 11.9 Å². The number of carbonyl (C=O) groups is 2. The van der Waals surface area contributed by atoms with Crippen LogP contribution in [0.15, 0.2) is 66.7 Å². The molecule has 13 heteroatoms. The van der Waals surface area contributed by atoms with Gasteiger partial charge in [-0.2, -0.15) is 15.0 Å². The van der Waals surface area contributed by atoms with E-state index >= 15 is 0 Å². The molecule has 254 valence electrons. The second-order valence-corrected chi connectivity index (χ2v) is 12.8. The lowest BCUT2D eigenvalue weighted by atomic mass is 9.86. The predicted molar refractivity (Wildman–Crippen MR) is 186 cm³/mol. The van der Waals surface area contributed by atoms with E-state index in [0.29, 0.717) is 63.6 Å². The van der Waals surface area contributed by atoms with Gasteiger partial charge in [0.05, 0.1) is 25.9 Å². The number of aromatic nitrogens is 5. The number of carboxylic acids is 2. The Kier molecular flexibility index (Phi) is 7.94. The van der Waals surface area contributed by atoms with Gasteiger partial charge in [-0.05, 0) is 66.6 Å². The highest BCUT2D eigenvalue weighted by molar-refractivity contribution is 5.91. The fourth-order valence-corrected chi connectivity index (χ4v) is 6.50. The maximum Gasteiger partial charge on any atom is 0.328 e. The van der Waals surface area contributed by atoms with Crippen LogP contribution in [0.2, 0.25) is 0 Å². The van der Waals surface area contributed by atoms with Crippen molar-refractivity contribution in [3.8, 4) is 17.5 Å². The van der Waals surface area contributed by atoms with E-state index in [4.69, 9.17) is 9.47 Å². The van der Waals surface area contributed by atoms with E-state index in [1.807, 2.05) is 54.6 Å². The molecule has 0 amide bonds. The minimum absolute atomic E-state index is 0.0765. The Morgan fingerprint density at radius 3 is 1.76 bits per heavy atom. The lowest BCUT2D eigenvalue weighted by Gasteiger charge is -2.21. The second kappa shape index (κ2) is 12.7. The molecule has 0 aliphatic heterocycles. The molecule has 2 aliphatic rings. The fourth-order valence-electron chi connectivity index (χ4n) is 6.50. The van der Waals surface area contributed by atoms with E-state index < -0.39 is 17.9 Å². The first-order valence-electron chi connectivity index (χ1n) is 16.6. The molecule has 0 bridgehead atoms. The summed E-state index contributed by atoms with van der Waals surface area (Å²) in [4.78, 5) is 45.2. The Bertz CT molecular complexity index is 2130. The van der Waals surface area contributed by atoms with Gasteiger partial charge in [-0.25, -0.2) is 0 Å². The van der Waals surface area contributed by atoms with Crippen LogP contribution in [0.3, 0.4) is 0 Å². The average molecular weight is 674 g/mol. The summed E-state index contributed by atoms with van der Waals surface area (Å²) in [6, 6.07) is 21.2. The monoisotopic (exact) mass is 673 g/mol. The van der Waals surface area contributed by atoms with E-state index in [1.165, 1.54) is 7.11 Å². The number of ether oxygens (including phenoxy) is 2. The van der Waals surface area contributed by atoms with Gasteiger partial charge in [-0.1, -0.05) is 42.5 Å². The number of nitrogens with zero attached hydrogens (tertiary/aromatic N) is 3. The number of fused-ring (bicyclic) bond motifs is 2. The topological polar surface area (TPSA) is 187 Å². The zero-order valence-electron chi connectivity index (χ0n) is 27.2.